The Hall–Kier alpha value is -2.71. The van der Waals surface area contributed by atoms with Gasteiger partial charge in [-0.25, -0.2) is 9.78 Å². The number of H-pyrrole nitrogens is 1. The fourth-order valence-corrected chi connectivity index (χ4v) is 2.69. The van der Waals surface area contributed by atoms with E-state index >= 15 is 0 Å². The molecule has 0 spiro atoms. The number of carbonyl (C=O) groups is 1. The summed E-state index contributed by atoms with van der Waals surface area (Å²) in [7, 11) is 0. The van der Waals surface area contributed by atoms with Crippen molar-refractivity contribution in [3.8, 4) is 5.75 Å². The van der Waals surface area contributed by atoms with Crippen LogP contribution in [-0.4, -0.2) is 45.8 Å². The van der Waals surface area contributed by atoms with Crippen LogP contribution < -0.4 is 10.1 Å². The van der Waals surface area contributed by atoms with E-state index in [-0.39, 0.29) is 17.7 Å². The van der Waals surface area contributed by atoms with Crippen molar-refractivity contribution in [3.05, 3.63) is 36.4 Å². The van der Waals surface area contributed by atoms with Gasteiger partial charge in [0.05, 0.1) is 0 Å². The fraction of sp³-hybridized carbons (Fsp3) is 0.400. The predicted molar refractivity (Wildman–Crippen MR) is 82.0 cm³/mol. The van der Waals surface area contributed by atoms with Crippen molar-refractivity contribution in [2.75, 3.05) is 18.4 Å². The van der Waals surface area contributed by atoms with Gasteiger partial charge in [-0.3, -0.25) is 5.10 Å². The number of ether oxygens (including phenoxy) is 1. The van der Waals surface area contributed by atoms with Gasteiger partial charge in [-0.1, -0.05) is 0 Å². The number of anilines is 1. The number of nitrogens with one attached hydrogen (secondary N) is 2. The predicted octanol–water partition coefficient (Wildman–Crippen LogP) is 2.82. The third kappa shape index (κ3) is 3.98. The molecule has 1 saturated heterocycles. The number of aromatic nitrogens is 3. The third-order valence-electron chi connectivity index (χ3n) is 3.93. The van der Waals surface area contributed by atoms with Gasteiger partial charge in [-0.05, 0) is 37.1 Å². The molecular weight excluding hydrogens is 320 g/mol. The van der Waals surface area contributed by atoms with E-state index in [1.54, 1.807) is 4.90 Å². The summed E-state index contributed by atoms with van der Waals surface area (Å²) < 4.78 is 28.5. The van der Waals surface area contributed by atoms with Crippen molar-refractivity contribution >= 4 is 11.7 Å². The Bertz CT molecular complexity index is 655. The van der Waals surface area contributed by atoms with Crippen LogP contribution in [0.4, 0.5) is 19.3 Å². The SMILES string of the molecule is O=C(Nc1ccc(OC(F)F)cc1)N1CCC(c2ncn[nH]2)CC1. The van der Waals surface area contributed by atoms with Crippen molar-refractivity contribution < 1.29 is 18.3 Å². The molecule has 1 aliphatic rings. The maximum Gasteiger partial charge on any atom is 0.387 e. The maximum absolute atomic E-state index is 12.3. The van der Waals surface area contributed by atoms with Crippen molar-refractivity contribution in [2.24, 2.45) is 0 Å². The molecule has 0 bridgehead atoms. The second-order valence-electron chi connectivity index (χ2n) is 5.47. The average molecular weight is 337 g/mol. The van der Waals surface area contributed by atoms with Crippen molar-refractivity contribution in [3.63, 3.8) is 0 Å². The Morgan fingerprint density at radius 1 is 1.29 bits per heavy atom. The van der Waals surface area contributed by atoms with Crippen LogP contribution in [0.5, 0.6) is 5.75 Å². The highest BCUT2D eigenvalue weighted by Crippen LogP contribution is 2.25. The number of piperidine rings is 1. The standard InChI is InChI=1S/C15H17F2N5O2/c16-14(17)24-12-3-1-11(2-4-12)20-15(23)22-7-5-10(6-8-22)13-18-9-19-21-13/h1-4,9-10,14H,5-8H2,(H,20,23)(H,18,19,21). The molecular formula is C15H17F2N5O2. The van der Waals surface area contributed by atoms with E-state index in [1.807, 2.05) is 0 Å². The molecule has 1 aromatic heterocycles. The highest BCUT2D eigenvalue weighted by molar-refractivity contribution is 5.89. The summed E-state index contributed by atoms with van der Waals surface area (Å²) in [5, 5.41) is 9.46. The van der Waals surface area contributed by atoms with Gasteiger partial charge < -0.3 is 15.0 Å². The second kappa shape index (κ2) is 7.24. The van der Waals surface area contributed by atoms with Crippen molar-refractivity contribution in [1.29, 1.82) is 0 Å². The number of rotatable bonds is 4. The Kier molecular flexibility index (Phi) is 4.88. The minimum Gasteiger partial charge on any atom is -0.435 e. The molecule has 2 aromatic rings. The summed E-state index contributed by atoms with van der Waals surface area (Å²) in [4.78, 5) is 18.1. The van der Waals surface area contributed by atoms with Gasteiger partial charge >= 0.3 is 12.6 Å². The number of alkyl halides is 2. The first kappa shape index (κ1) is 16.2. The number of urea groups is 1. The average Bonchev–Trinajstić information content (AvgIpc) is 3.11. The molecule has 0 aliphatic carbocycles. The van der Waals surface area contributed by atoms with E-state index in [9.17, 15) is 13.6 Å². The molecule has 1 fully saturated rings. The fourth-order valence-electron chi connectivity index (χ4n) is 2.69. The molecule has 7 nitrogen and oxygen atoms in total. The lowest BCUT2D eigenvalue weighted by Gasteiger charge is -2.31. The van der Waals surface area contributed by atoms with Crippen LogP contribution >= 0.6 is 0 Å². The van der Waals surface area contributed by atoms with Crippen LogP contribution in [0.3, 0.4) is 0 Å². The third-order valence-corrected chi connectivity index (χ3v) is 3.93. The lowest BCUT2D eigenvalue weighted by molar-refractivity contribution is -0.0498. The van der Waals surface area contributed by atoms with Gasteiger partial charge in [-0.15, -0.1) is 0 Å². The molecule has 2 N–H and O–H groups in total. The number of likely N-dealkylation sites (tertiary alicyclic amines) is 1. The number of hydrogen-bond donors (Lipinski definition) is 2. The summed E-state index contributed by atoms with van der Waals surface area (Å²) in [5.41, 5.74) is 0.527. The molecule has 9 heteroatoms. The van der Waals surface area contributed by atoms with Crippen LogP contribution in [0.15, 0.2) is 30.6 Å². The number of amides is 2. The highest BCUT2D eigenvalue weighted by atomic mass is 19.3. The van der Waals surface area contributed by atoms with Gasteiger partial charge in [0.15, 0.2) is 0 Å². The lowest BCUT2D eigenvalue weighted by atomic mass is 9.96. The van der Waals surface area contributed by atoms with Gasteiger partial charge in [0, 0.05) is 24.7 Å². The van der Waals surface area contributed by atoms with Crippen LogP contribution in [0, 0.1) is 0 Å². The first-order chi connectivity index (χ1) is 11.6. The summed E-state index contributed by atoms with van der Waals surface area (Å²) in [6, 6.07) is 5.61. The zero-order chi connectivity index (χ0) is 16.9. The Labute approximate surface area is 137 Å². The summed E-state index contributed by atoms with van der Waals surface area (Å²) in [6.45, 7) is -1.64. The molecule has 1 aromatic carbocycles. The topological polar surface area (TPSA) is 83.1 Å². The molecule has 0 saturated carbocycles. The first-order valence-corrected chi connectivity index (χ1v) is 7.58. The zero-order valence-electron chi connectivity index (χ0n) is 12.8. The van der Waals surface area contributed by atoms with Crippen LogP contribution in [0.2, 0.25) is 0 Å². The van der Waals surface area contributed by atoms with E-state index in [2.05, 4.69) is 25.2 Å². The first-order valence-electron chi connectivity index (χ1n) is 7.58. The molecule has 24 heavy (non-hydrogen) atoms. The monoisotopic (exact) mass is 337 g/mol. The number of halogens is 2. The smallest absolute Gasteiger partial charge is 0.387 e. The van der Waals surface area contributed by atoms with Crippen LogP contribution in [0.25, 0.3) is 0 Å². The van der Waals surface area contributed by atoms with Crippen LogP contribution in [0.1, 0.15) is 24.6 Å². The molecule has 0 radical (unpaired) electrons. The second-order valence-corrected chi connectivity index (χ2v) is 5.47. The van der Waals surface area contributed by atoms with Crippen LogP contribution in [-0.2, 0) is 0 Å². The van der Waals surface area contributed by atoms with E-state index in [1.165, 1.54) is 30.6 Å². The molecule has 3 rings (SSSR count). The Morgan fingerprint density at radius 3 is 2.58 bits per heavy atom. The van der Waals surface area contributed by atoms with E-state index in [0.717, 1.165) is 18.7 Å². The maximum atomic E-state index is 12.3. The Balaban J connectivity index is 1.50. The zero-order valence-corrected chi connectivity index (χ0v) is 12.8. The number of nitrogens with zero attached hydrogens (tertiary/aromatic N) is 3. The van der Waals surface area contributed by atoms with Crippen molar-refractivity contribution in [2.45, 2.75) is 25.4 Å². The van der Waals surface area contributed by atoms with Gasteiger partial charge in [0.25, 0.3) is 0 Å². The molecule has 2 amide bonds. The van der Waals surface area contributed by atoms with Gasteiger partial charge in [-0.2, -0.15) is 13.9 Å². The molecule has 128 valence electrons. The number of carbonyl (C=O) groups excluding carboxylic acids is 1. The molecule has 2 heterocycles. The molecule has 0 atom stereocenters. The minimum atomic E-state index is -2.86. The van der Waals surface area contributed by atoms with Gasteiger partial charge in [0.1, 0.15) is 17.9 Å². The summed E-state index contributed by atoms with van der Waals surface area (Å²) in [5.74, 6) is 1.18. The van der Waals surface area contributed by atoms with Gasteiger partial charge in [0.2, 0.25) is 0 Å². The lowest BCUT2D eigenvalue weighted by Crippen LogP contribution is -2.40. The molecule has 0 unspecified atom stereocenters. The largest absolute Gasteiger partial charge is 0.435 e. The van der Waals surface area contributed by atoms with E-state index in [0.29, 0.717) is 18.8 Å². The minimum absolute atomic E-state index is 0.0517. The molecule has 1 aliphatic heterocycles. The normalized spacial score (nSPS) is 15.5. The summed E-state index contributed by atoms with van der Waals surface area (Å²) in [6.07, 6.45) is 3.10. The van der Waals surface area contributed by atoms with E-state index in [4.69, 9.17) is 0 Å². The quantitative estimate of drug-likeness (QED) is 0.899. The van der Waals surface area contributed by atoms with Crippen molar-refractivity contribution in [1.82, 2.24) is 20.1 Å². The summed E-state index contributed by atoms with van der Waals surface area (Å²) >= 11 is 0. The number of benzene rings is 1. The highest BCUT2D eigenvalue weighted by Gasteiger charge is 2.25. The Morgan fingerprint density at radius 2 is 2.00 bits per heavy atom. The number of aromatic amines is 1. The number of hydrogen-bond acceptors (Lipinski definition) is 4. The van der Waals surface area contributed by atoms with E-state index < -0.39 is 6.61 Å².